The predicted molar refractivity (Wildman–Crippen MR) is 75.7 cm³/mol. The van der Waals surface area contributed by atoms with Crippen LogP contribution in [0.4, 0.5) is 0 Å². The minimum atomic E-state index is 0.140. The summed E-state index contributed by atoms with van der Waals surface area (Å²) in [7, 11) is 0. The van der Waals surface area contributed by atoms with Gasteiger partial charge in [0.15, 0.2) is 0 Å². The van der Waals surface area contributed by atoms with E-state index in [0.717, 1.165) is 15.7 Å². The summed E-state index contributed by atoms with van der Waals surface area (Å²) < 4.78 is 0. The maximum Gasteiger partial charge on any atom is 0.129 e. The van der Waals surface area contributed by atoms with Crippen LogP contribution >= 0.6 is 23.5 Å². The van der Waals surface area contributed by atoms with E-state index >= 15 is 0 Å². The summed E-state index contributed by atoms with van der Waals surface area (Å²) in [5.41, 5.74) is 1.41. The monoisotopic (exact) mass is 256 g/mol. The van der Waals surface area contributed by atoms with Gasteiger partial charge in [-0.05, 0) is 28.9 Å². The van der Waals surface area contributed by atoms with Gasteiger partial charge in [-0.2, -0.15) is 11.8 Å². The molecule has 0 saturated carbocycles. The van der Waals surface area contributed by atoms with Gasteiger partial charge in [-0.1, -0.05) is 33.8 Å². The van der Waals surface area contributed by atoms with Gasteiger partial charge >= 0.3 is 0 Å². The zero-order chi connectivity index (χ0) is 12.2. The standard InChI is InChI=1S/C13H20OS2/c1-5-15-9-16-12-8-10(13(2,3)4)6-7-11(12)14/h6-8,14H,5,9H2,1-4H3. The summed E-state index contributed by atoms with van der Waals surface area (Å²) in [6.07, 6.45) is 0. The smallest absolute Gasteiger partial charge is 0.129 e. The molecule has 1 aromatic rings. The lowest BCUT2D eigenvalue weighted by Crippen LogP contribution is -2.10. The molecule has 0 aliphatic carbocycles. The number of aromatic hydroxyl groups is 1. The first kappa shape index (κ1) is 13.8. The Kier molecular flexibility index (Phi) is 5.06. The summed E-state index contributed by atoms with van der Waals surface area (Å²) in [6.45, 7) is 8.72. The summed E-state index contributed by atoms with van der Waals surface area (Å²) in [4.78, 5) is 0.994. The predicted octanol–water partition coefficient (Wildman–Crippen LogP) is 4.49. The highest BCUT2D eigenvalue weighted by Gasteiger charge is 2.15. The van der Waals surface area contributed by atoms with Gasteiger partial charge in [0.1, 0.15) is 5.75 Å². The minimum Gasteiger partial charge on any atom is -0.507 e. The van der Waals surface area contributed by atoms with E-state index in [2.05, 4.69) is 33.8 Å². The Hall–Kier alpha value is -0.280. The fourth-order valence-corrected chi connectivity index (χ4v) is 3.22. The molecule has 90 valence electrons. The average Bonchev–Trinajstić information content (AvgIpc) is 2.19. The highest BCUT2D eigenvalue weighted by atomic mass is 32.2. The Bertz CT molecular complexity index is 342. The van der Waals surface area contributed by atoms with Crippen molar-refractivity contribution < 1.29 is 5.11 Å². The van der Waals surface area contributed by atoms with E-state index < -0.39 is 0 Å². The van der Waals surface area contributed by atoms with E-state index in [1.165, 1.54) is 5.56 Å². The van der Waals surface area contributed by atoms with E-state index in [-0.39, 0.29) is 5.41 Å². The van der Waals surface area contributed by atoms with Gasteiger partial charge < -0.3 is 5.11 Å². The van der Waals surface area contributed by atoms with Gasteiger partial charge in [0.25, 0.3) is 0 Å². The molecule has 0 saturated heterocycles. The lowest BCUT2D eigenvalue weighted by molar-refractivity contribution is 0.460. The van der Waals surface area contributed by atoms with Gasteiger partial charge in [-0.3, -0.25) is 0 Å². The molecule has 0 aliphatic heterocycles. The Morgan fingerprint density at radius 1 is 1.25 bits per heavy atom. The molecule has 1 N–H and O–H groups in total. The molecular weight excluding hydrogens is 236 g/mol. The largest absolute Gasteiger partial charge is 0.507 e. The lowest BCUT2D eigenvalue weighted by atomic mass is 9.87. The number of benzene rings is 1. The van der Waals surface area contributed by atoms with Crippen molar-refractivity contribution in [1.82, 2.24) is 0 Å². The third-order valence-corrected chi connectivity index (χ3v) is 4.51. The Morgan fingerprint density at radius 3 is 2.50 bits per heavy atom. The Balaban J connectivity index is 2.83. The van der Waals surface area contributed by atoms with Crippen LogP contribution in [0.1, 0.15) is 33.3 Å². The second kappa shape index (κ2) is 5.87. The van der Waals surface area contributed by atoms with E-state index in [0.29, 0.717) is 5.75 Å². The second-order valence-corrected chi connectivity index (χ2v) is 7.34. The fraction of sp³-hybridized carbons (Fsp3) is 0.538. The molecule has 0 amide bonds. The zero-order valence-electron chi connectivity index (χ0n) is 10.4. The summed E-state index contributed by atoms with van der Waals surface area (Å²) in [6, 6.07) is 5.92. The van der Waals surface area contributed by atoms with Crippen molar-refractivity contribution in [2.75, 3.05) is 10.8 Å². The quantitative estimate of drug-likeness (QED) is 0.487. The van der Waals surface area contributed by atoms with Crippen molar-refractivity contribution in [3.63, 3.8) is 0 Å². The van der Waals surface area contributed by atoms with E-state index in [9.17, 15) is 5.11 Å². The van der Waals surface area contributed by atoms with Gasteiger partial charge in [-0.25, -0.2) is 0 Å². The second-order valence-electron chi connectivity index (χ2n) is 4.69. The Morgan fingerprint density at radius 2 is 1.94 bits per heavy atom. The highest BCUT2D eigenvalue weighted by Crippen LogP contribution is 2.34. The molecule has 0 spiro atoms. The van der Waals surface area contributed by atoms with Crippen molar-refractivity contribution >= 4 is 23.5 Å². The first-order chi connectivity index (χ1) is 7.45. The molecule has 1 rings (SSSR count). The molecule has 0 heterocycles. The molecule has 0 radical (unpaired) electrons. The minimum absolute atomic E-state index is 0.140. The molecule has 0 aliphatic rings. The SMILES string of the molecule is CCSCSc1cc(C(C)(C)C)ccc1O. The highest BCUT2D eigenvalue weighted by molar-refractivity contribution is 8.16. The van der Waals surface area contributed by atoms with Crippen LogP contribution in [0.15, 0.2) is 23.1 Å². The first-order valence-electron chi connectivity index (χ1n) is 5.49. The van der Waals surface area contributed by atoms with Gasteiger partial charge in [-0.15, -0.1) is 11.8 Å². The summed E-state index contributed by atoms with van der Waals surface area (Å²) in [5.74, 6) is 1.52. The van der Waals surface area contributed by atoms with Crippen molar-refractivity contribution in [3.05, 3.63) is 23.8 Å². The van der Waals surface area contributed by atoms with Crippen LogP contribution in [0.25, 0.3) is 0 Å². The number of thioether (sulfide) groups is 2. The molecule has 3 heteroatoms. The van der Waals surface area contributed by atoms with Crippen LogP contribution in [0.5, 0.6) is 5.75 Å². The molecular formula is C13H20OS2. The number of hydrogen-bond donors (Lipinski definition) is 1. The zero-order valence-corrected chi connectivity index (χ0v) is 12.0. The topological polar surface area (TPSA) is 20.2 Å². The molecule has 0 fully saturated rings. The van der Waals surface area contributed by atoms with E-state index in [1.54, 1.807) is 17.8 Å². The molecule has 1 aromatic carbocycles. The number of hydrogen-bond acceptors (Lipinski definition) is 3. The van der Waals surface area contributed by atoms with Crippen LogP contribution in [0, 0.1) is 0 Å². The van der Waals surface area contributed by atoms with E-state index in [1.807, 2.05) is 17.8 Å². The van der Waals surface area contributed by atoms with Crippen LogP contribution in [0.3, 0.4) is 0 Å². The van der Waals surface area contributed by atoms with Crippen LogP contribution in [-0.4, -0.2) is 15.9 Å². The summed E-state index contributed by atoms with van der Waals surface area (Å²) >= 11 is 3.59. The van der Waals surface area contributed by atoms with Gasteiger partial charge in [0.2, 0.25) is 0 Å². The van der Waals surface area contributed by atoms with Gasteiger partial charge in [0, 0.05) is 5.08 Å². The average molecular weight is 256 g/mol. The van der Waals surface area contributed by atoms with Crippen molar-refractivity contribution in [3.8, 4) is 5.75 Å². The third-order valence-electron chi connectivity index (χ3n) is 2.33. The first-order valence-corrected chi connectivity index (χ1v) is 7.63. The lowest BCUT2D eigenvalue weighted by Gasteiger charge is -2.20. The number of phenols is 1. The summed E-state index contributed by atoms with van der Waals surface area (Å²) in [5, 5.41) is 10.8. The van der Waals surface area contributed by atoms with Crippen LogP contribution < -0.4 is 0 Å². The van der Waals surface area contributed by atoms with Crippen molar-refractivity contribution in [1.29, 1.82) is 0 Å². The molecule has 0 aromatic heterocycles. The molecule has 0 bridgehead atoms. The fourth-order valence-electron chi connectivity index (χ4n) is 1.28. The normalized spacial score (nSPS) is 11.8. The van der Waals surface area contributed by atoms with E-state index in [4.69, 9.17) is 0 Å². The molecule has 16 heavy (non-hydrogen) atoms. The molecule has 1 nitrogen and oxygen atoms in total. The van der Waals surface area contributed by atoms with Crippen LogP contribution in [0.2, 0.25) is 0 Å². The molecule has 0 unspecified atom stereocenters. The van der Waals surface area contributed by atoms with Gasteiger partial charge in [0.05, 0.1) is 4.90 Å². The maximum absolute atomic E-state index is 9.77. The van der Waals surface area contributed by atoms with Crippen molar-refractivity contribution in [2.45, 2.75) is 38.0 Å². The molecule has 0 atom stereocenters. The number of phenolic OH excluding ortho intramolecular Hbond substituents is 1. The third kappa shape index (κ3) is 3.95. The maximum atomic E-state index is 9.77. The number of rotatable bonds is 4. The van der Waals surface area contributed by atoms with Crippen molar-refractivity contribution in [2.24, 2.45) is 0 Å². The van der Waals surface area contributed by atoms with Crippen LogP contribution in [-0.2, 0) is 5.41 Å². The Labute approximate surface area is 107 Å².